The lowest BCUT2D eigenvalue weighted by Crippen LogP contribution is -2.35. The molecule has 2 aromatic carbocycles. The van der Waals surface area contributed by atoms with Crippen LogP contribution in [0, 0.1) is 11.3 Å². The number of thiophene rings is 1. The summed E-state index contributed by atoms with van der Waals surface area (Å²) >= 11 is 1.47. The summed E-state index contributed by atoms with van der Waals surface area (Å²) in [6.45, 7) is 0.780. The van der Waals surface area contributed by atoms with Gasteiger partial charge in [-0.15, -0.1) is 11.3 Å². The summed E-state index contributed by atoms with van der Waals surface area (Å²) in [6, 6.07) is 16.1. The Balaban J connectivity index is 1.33. The number of nitriles is 1. The van der Waals surface area contributed by atoms with Crippen molar-refractivity contribution in [1.82, 2.24) is 4.31 Å². The molecule has 2 heterocycles. The topological polar surface area (TPSA) is 90.3 Å². The van der Waals surface area contributed by atoms with Crippen molar-refractivity contribution in [3.05, 3.63) is 81.2 Å². The number of hydrogen-bond acceptors (Lipinski definition) is 5. The molecule has 1 aromatic heterocycles. The van der Waals surface area contributed by atoms with Crippen molar-refractivity contribution in [1.29, 1.82) is 5.26 Å². The first kappa shape index (κ1) is 21.8. The van der Waals surface area contributed by atoms with E-state index in [0.29, 0.717) is 35.6 Å². The van der Waals surface area contributed by atoms with Gasteiger partial charge in [-0.1, -0.05) is 24.3 Å². The number of rotatable bonds is 4. The zero-order chi connectivity index (χ0) is 23.0. The van der Waals surface area contributed by atoms with Crippen molar-refractivity contribution in [2.24, 2.45) is 0 Å². The molecular formula is C25H23N3O3S2. The fourth-order valence-corrected chi connectivity index (χ4v) is 7.20. The summed E-state index contributed by atoms with van der Waals surface area (Å²) in [5.74, 6) is -0.346. The summed E-state index contributed by atoms with van der Waals surface area (Å²) in [5, 5.41) is 13.0. The molecule has 1 N–H and O–H groups in total. The van der Waals surface area contributed by atoms with Crippen LogP contribution < -0.4 is 5.32 Å². The fourth-order valence-electron chi connectivity index (χ4n) is 4.55. The minimum Gasteiger partial charge on any atom is -0.312 e. The summed E-state index contributed by atoms with van der Waals surface area (Å²) in [7, 11) is -3.66. The van der Waals surface area contributed by atoms with Gasteiger partial charge in [0.25, 0.3) is 5.91 Å². The zero-order valence-electron chi connectivity index (χ0n) is 18.0. The van der Waals surface area contributed by atoms with Crippen molar-refractivity contribution < 1.29 is 13.2 Å². The minimum atomic E-state index is -3.66. The Bertz CT molecular complexity index is 1370. The number of aryl methyl sites for hydroxylation is 1. The summed E-state index contributed by atoms with van der Waals surface area (Å²) < 4.78 is 27.8. The Kier molecular flexibility index (Phi) is 5.79. The van der Waals surface area contributed by atoms with E-state index in [9.17, 15) is 18.5 Å². The average molecular weight is 478 g/mol. The van der Waals surface area contributed by atoms with Crippen LogP contribution in [-0.4, -0.2) is 25.2 Å². The monoisotopic (exact) mass is 477 g/mol. The van der Waals surface area contributed by atoms with Crippen LogP contribution in [0.1, 0.15) is 50.3 Å². The molecule has 3 aromatic rings. The molecule has 0 spiro atoms. The molecule has 33 heavy (non-hydrogen) atoms. The molecule has 0 radical (unpaired) electrons. The molecule has 0 unspecified atom stereocenters. The van der Waals surface area contributed by atoms with Crippen LogP contribution in [0.4, 0.5) is 5.00 Å². The van der Waals surface area contributed by atoms with E-state index in [-0.39, 0.29) is 10.8 Å². The number of nitrogens with one attached hydrogen (secondary N) is 1. The van der Waals surface area contributed by atoms with Crippen molar-refractivity contribution in [3.63, 3.8) is 0 Å². The van der Waals surface area contributed by atoms with Crippen molar-refractivity contribution >= 4 is 32.3 Å². The van der Waals surface area contributed by atoms with Crippen LogP contribution in [0.2, 0.25) is 0 Å². The molecule has 168 valence electrons. The smallest absolute Gasteiger partial charge is 0.256 e. The maximum atomic E-state index is 13.2. The Hall–Kier alpha value is -2.99. The highest BCUT2D eigenvalue weighted by atomic mass is 32.2. The lowest BCUT2D eigenvalue weighted by Gasteiger charge is -2.28. The number of nitrogens with zero attached hydrogens (tertiary/aromatic N) is 2. The molecule has 0 bridgehead atoms. The van der Waals surface area contributed by atoms with Crippen LogP contribution in [0.5, 0.6) is 0 Å². The fraction of sp³-hybridized carbons (Fsp3) is 0.280. The van der Waals surface area contributed by atoms with Gasteiger partial charge in [-0.3, -0.25) is 4.79 Å². The van der Waals surface area contributed by atoms with Gasteiger partial charge in [-0.2, -0.15) is 9.57 Å². The van der Waals surface area contributed by atoms with Gasteiger partial charge in [0.2, 0.25) is 10.0 Å². The second-order valence-electron chi connectivity index (χ2n) is 8.36. The first-order chi connectivity index (χ1) is 16.0. The maximum Gasteiger partial charge on any atom is 0.256 e. The number of carbonyl (C=O) groups is 1. The van der Waals surface area contributed by atoms with Gasteiger partial charge in [0.1, 0.15) is 11.1 Å². The van der Waals surface area contributed by atoms with Crippen molar-refractivity contribution in [2.45, 2.75) is 43.5 Å². The van der Waals surface area contributed by atoms with Crippen LogP contribution in [0.25, 0.3) is 0 Å². The number of benzene rings is 2. The molecule has 1 aliphatic heterocycles. The predicted octanol–water partition coefficient (Wildman–Crippen LogP) is 4.50. The molecule has 6 nitrogen and oxygen atoms in total. The Morgan fingerprint density at radius 1 is 1.00 bits per heavy atom. The van der Waals surface area contributed by atoms with Crippen LogP contribution in [0.3, 0.4) is 0 Å². The van der Waals surface area contributed by atoms with Gasteiger partial charge in [0, 0.05) is 23.5 Å². The summed E-state index contributed by atoms with van der Waals surface area (Å²) in [6.07, 6.45) is 4.66. The third-order valence-electron chi connectivity index (χ3n) is 6.36. The third kappa shape index (κ3) is 4.08. The van der Waals surface area contributed by atoms with E-state index in [1.54, 1.807) is 0 Å². The maximum absolute atomic E-state index is 13.2. The molecule has 8 heteroatoms. The van der Waals surface area contributed by atoms with Gasteiger partial charge in [0.15, 0.2) is 0 Å². The average Bonchev–Trinajstić information content (AvgIpc) is 3.20. The molecule has 0 saturated heterocycles. The lowest BCUT2D eigenvalue weighted by molar-refractivity contribution is 0.102. The van der Waals surface area contributed by atoms with Crippen LogP contribution in [0.15, 0.2) is 53.4 Å². The molecular weight excluding hydrogens is 454 g/mol. The molecule has 0 fully saturated rings. The standard InChI is InChI=1S/C25H23N3O3S2/c26-15-22-21-7-3-4-8-23(21)32-25(22)27-24(29)18-9-11-20(12-10-18)33(30,31)28-14-13-17-5-1-2-6-19(17)16-28/h1-2,5-6,9-12H,3-4,7-8,13-14,16H2,(H,27,29). The van der Waals surface area contributed by atoms with E-state index in [0.717, 1.165) is 36.8 Å². The highest BCUT2D eigenvalue weighted by Crippen LogP contribution is 2.37. The zero-order valence-corrected chi connectivity index (χ0v) is 19.6. The van der Waals surface area contributed by atoms with Gasteiger partial charge < -0.3 is 5.32 Å². The van der Waals surface area contributed by atoms with Crippen molar-refractivity contribution in [3.8, 4) is 6.07 Å². The van der Waals surface area contributed by atoms with Crippen LogP contribution in [-0.2, 0) is 35.8 Å². The molecule has 1 aliphatic carbocycles. The van der Waals surface area contributed by atoms with E-state index >= 15 is 0 Å². The van der Waals surface area contributed by atoms with E-state index in [2.05, 4.69) is 11.4 Å². The molecule has 0 atom stereocenters. The second-order valence-corrected chi connectivity index (χ2v) is 11.4. The number of amides is 1. The van der Waals surface area contributed by atoms with Gasteiger partial charge in [0.05, 0.1) is 10.5 Å². The normalized spacial score (nSPS) is 15.8. The van der Waals surface area contributed by atoms with Gasteiger partial charge >= 0.3 is 0 Å². The SMILES string of the molecule is N#Cc1c(NC(=O)c2ccc(S(=O)(=O)N3CCc4ccccc4C3)cc2)sc2c1CCCC2. The minimum absolute atomic E-state index is 0.169. The predicted molar refractivity (Wildman–Crippen MR) is 128 cm³/mol. The molecule has 2 aliphatic rings. The largest absolute Gasteiger partial charge is 0.312 e. The molecule has 0 saturated carbocycles. The number of anilines is 1. The van der Waals surface area contributed by atoms with Crippen LogP contribution >= 0.6 is 11.3 Å². The first-order valence-electron chi connectivity index (χ1n) is 11.0. The summed E-state index contributed by atoms with van der Waals surface area (Å²) in [5.41, 5.74) is 4.19. The Labute approximate surface area is 197 Å². The highest BCUT2D eigenvalue weighted by Gasteiger charge is 2.28. The highest BCUT2D eigenvalue weighted by molar-refractivity contribution is 7.89. The number of fused-ring (bicyclic) bond motifs is 2. The Morgan fingerprint density at radius 3 is 2.48 bits per heavy atom. The number of hydrogen-bond donors (Lipinski definition) is 1. The van der Waals surface area contributed by atoms with E-state index < -0.39 is 10.0 Å². The summed E-state index contributed by atoms with van der Waals surface area (Å²) in [4.78, 5) is 14.2. The third-order valence-corrected chi connectivity index (χ3v) is 9.43. The van der Waals surface area contributed by atoms with Crippen molar-refractivity contribution in [2.75, 3.05) is 11.9 Å². The van der Waals surface area contributed by atoms with E-state index in [1.807, 2.05) is 24.3 Å². The van der Waals surface area contributed by atoms with E-state index in [1.165, 1.54) is 50.3 Å². The van der Waals surface area contributed by atoms with Gasteiger partial charge in [-0.25, -0.2) is 8.42 Å². The Morgan fingerprint density at radius 2 is 1.73 bits per heavy atom. The van der Waals surface area contributed by atoms with E-state index in [4.69, 9.17) is 0 Å². The molecule has 5 rings (SSSR count). The number of carbonyl (C=O) groups excluding carboxylic acids is 1. The lowest BCUT2D eigenvalue weighted by atomic mass is 9.96. The first-order valence-corrected chi connectivity index (χ1v) is 13.3. The molecule has 1 amide bonds. The number of sulfonamides is 1. The van der Waals surface area contributed by atoms with Gasteiger partial charge in [-0.05, 0) is 73.1 Å². The quantitative estimate of drug-likeness (QED) is 0.599. The second kappa shape index (κ2) is 8.75.